The van der Waals surface area contributed by atoms with Gasteiger partial charge in [-0.25, -0.2) is 4.98 Å². The van der Waals surface area contributed by atoms with Crippen LogP contribution in [0.1, 0.15) is 12.5 Å². The van der Waals surface area contributed by atoms with Crippen molar-refractivity contribution in [3.63, 3.8) is 0 Å². The standard InChI is InChI=1S/C20H16N4O4S/c1-2-28-17-7-8-18-13(10-17)9-14(11-21)20(23-18)29-12-19(25)22-15-3-5-16(6-4-15)24(26)27/h3-10H,2,12H2,1H3,(H,22,25). The van der Waals surface area contributed by atoms with Crippen molar-refractivity contribution in [3.8, 4) is 11.8 Å². The van der Waals surface area contributed by atoms with E-state index < -0.39 is 4.92 Å². The number of thioether (sulfide) groups is 1. The third-order valence-electron chi connectivity index (χ3n) is 3.88. The summed E-state index contributed by atoms with van der Waals surface area (Å²) < 4.78 is 5.47. The summed E-state index contributed by atoms with van der Waals surface area (Å²) in [5.41, 5.74) is 1.48. The maximum Gasteiger partial charge on any atom is 0.269 e. The van der Waals surface area contributed by atoms with Crippen LogP contribution in [0.4, 0.5) is 11.4 Å². The molecule has 0 bridgehead atoms. The second kappa shape index (κ2) is 9.03. The summed E-state index contributed by atoms with van der Waals surface area (Å²) in [6.07, 6.45) is 0. The minimum atomic E-state index is -0.506. The molecule has 1 aromatic heterocycles. The van der Waals surface area contributed by atoms with Gasteiger partial charge in [-0.05, 0) is 43.3 Å². The van der Waals surface area contributed by atoms with Gasteiger partial charge >= 0.3 is 0 Å². The number of carbonyl (C=O) groups excluding carboxylic acids is 1. The van der Waals surface area contributed by atoms with E-state index in [1.54, 1.807) is 12.1 Å². The van der Waals surface area contributed by atoms with Gasteiger partial charge in [-0.2, -0.15) is 5.26 Å². The molecule has 2 aromatic carbocycles. The van der Waals surface area contributed by atoms with Gasteiger partial charge in [-0.3, -0.25) is 14.9 Å². The second-order valence-electron chi connectivity index (χ2n) is 5.88. The molecule has 8 nitrogen and oxygen atoms in total. The fourth-order valence-electron chi connectivity index (χ4n) is 2.58. The highest BCUT2D eigenvalue weighted by molar-refractivity contribution is 8.00. The Morgan fingerprint density at radius 2 is 2.03 bits per heavy atom. The minimum Gasteiger partial charge on any atom is -0.494 e. The number of pyridine rings is 1. The first-order valence-electron chi connectivity index (χ1n) is 8.65. The number of anilines is 1. The van der Waals surface area contributed by atoms with Crippen molar-refractivity contribution in [2.24, 2.45) is 0 Å². The molecule has 0 unspecified atom stereocenters. The topological polar surface area (TPSA) is 118 Å². The number of nitrogens with one attached hydrogen (secondary N) is 1. The summed E-state index contributed by atoms with van der Waals surface area (Å²) in [5, 5.41) is 24.0. The lowest BCUT2D eigenvalue weighted by Gasteiger charge is -2.08. The van der Waals surface area contributed by atoms with Gasteiger partial charge in [-0.15, -0.1) is 0 Å². The fourth-order valence-corrected chi connectivity index (χ4v) is 3.34. The van der Waals surface area contributed by atoms with Gasteiger partial charge in [0.2, 0.25) is 5.91 Å². The van der Waals surface area contributed by atoms with E-state index in [2.05, 4.69) is 16.4 Å². The lowest BCUT2D eigenvalue weighted by molar-refractivity contribution is -0.384. The number of aromatic nitrogens is 1. The monoisotopic (exact) mass is 408 g/mol. The number of ether oxygens (including phenoxy) is 1. The maximum absolute atomic E-state index is 12.2. The van der Waals surface area contributed by atoms with Gasteiger partial charge in [0.25, 0.3) is 5.69 Å². The molecule has 0 fully saturated rings. The van der Waals surface area contributed by atoms with Gasteiger partial charge in [0.15, 0.2) is 0 Å². The molecule has 1 heterocycles. The molecule has 3 aromatic rings. The van der Waals surface area contributed by atoms with Crippen LogP contribution in [0.25, 0.3) is 10.9 Å². The van der Waals surface area contributed by atoms with Crippen LogP contribution < -0.4 is 10.1 Å². The van der Waals surface area contributed by atoms with E-state index in [0.717, 1.165) is 17.1 Å². The number of hydrogen-bond donors (Lipinski definition) is 1. The molecule has 0 aliphatic heterocycles. The number of nitro groups is 1. The Hall–Kier alpha value is -3.64. The number of nitro benzene ring substituents is 1. The van der Waals surface area contributed by atoms with E-state index in [0.29, 0.717) is 34.1 Å². The zero-order valence-electron chi connectivity index (χ0n) is 15.4. The van der Waals surface area contributed by atoms with Gasteiger partial charge in [0.1, 0.15) is 16.8 Å². The number of benzene rings is 2. The number of fused-ring (bicyclic) bond motifs is 1. The maximum atomic E-state index is 12.2. The van der Waals surface area contributed by atoms with E-state index in [9.17, 15) is 20.2 Å². The van der Waals surface area contributed by atoms with Crippen LogP contribution in [-0.4, -0.2) is 28.2 Å². The quantitative estimate of drug-likeness (QED) is 0.354. The zero-order valence-corrected chi connectivity index (χ0v) is 16.2. The van der Waals surface area contributed by atoms with Crippen molar-refractivity contribution >= 4 is 39.9 Å². The average Bonchev–Trinajstić information content (AvgIpc) is 2.72. The Balaban J connectivity index is 1.70. The molecule has 0 saturated heterocycles. The molecule has 9 heteroatoms. The number of nitriles is 1. The van der Waals surface area contributed by atoms with Crippen LogP contribution in [0.5, 0.6) is 5.75 Å². The molecular formula is C20H16N4O4S. The van der Waals surface area contributed by atoms with Crippen molar-refractivity contribution in [2.45, 2.75) is 11.9 Å². The SMILES string of the molecule is CCOc1ccc2nc(SCC(=O)Nc3ccc([N+](=O)[O-])cc3)c(C#N)cc2c1. The van der Waals surface area contributed by atoms with Crippen LogP contribution in [-0.2, 0) is 4.79 Å². The highest BCUT2D eigenvalue weighted by Crippen LogP contribution is 2.27. The molecule has 1 N–H and O–H groups in total. The summed E-state index contributed by atoms with van der Waals surface area (Å²) in [5.74, 6) is 0.441. The molecular weight excluding hydrogens is 392 g/mol. The first kappa shape index (κ1) is 20.1. The van der Waals surface area contributed by atoms with Gasteiger partial charge in [-0.1, -0.05) is 11.8 Å². The van der Waals surface area contributed by atoms with Crippen molar-refractivity contribution in [3.05, 3.63) is 64.2 Å². The lowest BCUT2D eigenvalue weighted by Crippen LogP contribution is -2.14. The lowest BCUT2D eigenvalue weighted by atomic mass is 10.1. The molecule has 3 rings (SSSR count). The van der Waals surface area contributed by atoms with Crippen molar-refractivity contribution in [2.75, 3.05) is 17.7 Å². The van der Waals surface area contributed by atoms with Crippen LogP contribution in [0.15, 0.2) is 53.6 Å². The van der Waals surface area contributed by atoms with E-state index in [-0.39, 0.29) is 17.3 Å². The van der Waals surface area contributed by atoms with Crippen LogP contribution in [0.2, 0.25) is 0 Å². The molecule has 146 valence electrons. The Labute approximate surface area is 170 Å². The Bertz CT molecular complexity index is 1110. The van der Waals surface area contributed by atoms with Gasteiger partial charge in [0, 0.05) is 23.2 Å². The third-order valence-corrected chi connectivity index (χ3v) is 4.88. The molecule has 0 radical (unpaired) electrons. The normalized spacial score (nSPS) is 10.3. The molecule has 0 atom stereocenters. The van der Waals surface area contributed by atoms with Crippen molar-refractivity contribution < 1.29 is 14.5 Å². The van der Waals surface area contributed by atoms with Crippen molar-refractivity contribution in [1.29, 1.82) is 5.26 Å². The van der Waals surface area contributed by atoms with Crippen molar-refractivity contribution in [1.82, 2.24) is 4.98 Å². The van der Waals surface area contributed by atoms with E-state index >= 15 is 0 Å². The zero-order chi connectivity index (χ0) is 20.8. The minimum absolute atomic E-state index is 0.0429. The number of amides is 1. The predicted octanol–water partition coefficient (Wildman–Crippen LogP) is 4.14. The van der Waals surface area contributed by atoms with Crippen LogP contribution >= 0.6 is 11.8 Å². The Kier molecular flexibility index (Phi) is 6.26. The average molecular weight is 408 g/mol. The Morgan fingerprint density at radius 3 is 2.69 bits per heavy atom. The molecule has 0 saturated carbocycles. The smallest absolute Gasteiger partial charge is 0.269 e. The number of carbonyl (C=O) groups is 1. The van der Waals surface area contributed by atoms with E-state index in [1.165, 1.54) is 24.3 Å². The number of rotatable bonds is 7. The molecule has 0 aliphatic rings. The summed E-state index contributed by atoms with van der Waals surface area (Å²) in [7, 11) is 0. The second-order valence-corrected chi connectivity index (χ2v) is 6.85. The number of hydrogen-bond acceptors (Lipinski definition) is 7. The molecule has 29 heavy (non-hydrogen) atoms. The number of non-ortho nitro benzene ring substituents is 1. The Morgan fingerprint density at radius 1 is 1.28 bits per heavy atom. The summed E-state index contributed by atoms with van der Waals surface area (Å²) in [6.45, 7) is 2.44. The third kappa shape index (κ3) is 5.00. The first-order valence-corrected chi connectivity index (χ1v) is 9.63. The van der Waals surface area contributed by atoms with Gasteiger partial charge in [0.05, 0.1) is 28.4 Å². The highest BCUT2D eigenvalue weighted by Gasteiger charge is 2.12. The molecule has 0 spiro atoms. The highest BCUT2D eigenvalue weighted by atomic mass is 32.2. The van der Waals surface area contributed by atoms with E-state index in [1.807, 2.05) is 19.1 Å². The predicted molar refractivity (Wildman–Crippen MR) is 110 cm³/mol. The largest absolute Gasteiger partial charge is 0.494 e. The molecule has 0 aliphatic carbocycles. The summed E-state index contributed by atoms with van der Waals surface area (Å²) in [6, 6.07) is 14.8. The summed E-state index contributed by atoms with van der Waals surface area (Å²) >= 11 is 1.15. The molecule has 1 amide bonds. The number of nitrogens with zero attached hydrogens (tertiary/aromatic N) is 3. The fraction of sp³-hybridized carbons (Fsp3) is 0.150. The summed E-state index contributed by atoms with van der Waals surface area (Å²) in [4.78, 5) is 26.8. The van der Waals surface area contributed by atoms with Gasteiger partial charge < -0.3 is 10.1 Å². The first-order chi connectivity index (χ1) is 14.0. The van der Waals surface area contributed by atoms with E-state index in [4.69, 9.17) is 4.74 Å². The van der Waals surface area contributed by atoms with Crippen LogP contribution in [0.3, 0.4) is 0 Å². The van der Waals surface area contributed by atoms with Crippen LogP contribution in [0, 0.1) is 21.4 Å².